The first-order valence-electron chi connectivity index (χ1n) is 7.88. The largest absolute Gasteiger partial charge is 0.296 e. The maximum Gasteiger partial charge on any atom is 0.194 e. The van der Waals surface area contributed by atoms with Crippen molar-refractivity contribution in [3.63, 3.8) is 0 Å². The minimum atomic E-state index is 0.638. The Morgan fingerprint density at radius 1 is 1.27 bits per heavy atom. The molecule has 0 amide bonds. The Labute approximate surface area is 133 Å². The van der Waals surface area contributed by atoms with Crippen molar-refractivity contribution in [2.75, 3.05) is 0 Å². The van der Waals surface area contributed by atoms with Crippen molar-refractivity contribution in [1.82, 2.24) is 9.38 Å². The molecule has 3 aromatic rings. The Hall–Kier alpha value is -1.94. The van der Waals surface area contributed by atoms with Crippen molar-refractivity contribution in [3.05, 3.63) is 46.1 Å². The van der Waals surface area contributed by atoms with E-state index in [-0.39, 0.29) is 0 Å². The predicted octanol–water partition coefficient (Wildman–Crippen LogP) is 4.32. The number of hydrogen-bond acceptors (Lipinski definition) is 3. The molecule has 22 heavy (non-hydrogen) atoms. The van der Waals surface area contributed by atoms with Gasteiger partial charge in [0, 0.05) is 4.88 Å². The number of aryl methyl sites for hydroxylation is 3. The van der Waals surface area contributed by atoms with Gasteiger partial charge in [-0.25, -0.2) is 4.98 Å². The molecule has 1 aromatic carbocycles. The zero-order chi connectivity index (χ0) is 15.1. The van der Waals surface area contributed by atoms with E-state index in [1.54, 1.807) is 17.5 Å². The Kier molecular flexibility index (Phi) is 3.34. The third-order valence-corrected chi connectivity index (χ3v) is 5.72. The molecule has 0 bridgehead atoms. The molecule has 4 heteroatoms. The Balaban J connectivity index is 1.96. The van der Waals surface area contributed by atoms with E-state index in [0.717, 1.165) is 23.4 Å². The van der Waals surface area contributed by atoms with E-state index in [1.807, 2.05) is 4.40 Å². The summed E-state index contributed by atoms with van der Waals surface area (Å²) in [5, 5.41) is 0. The van der Waals surface area contributed by atoms with Crippen LogP contribution in [0.25, 0.3) is 16.2 Å². The number of rotatable bonds is 3. The quantitative estimate of drug-likeness (QED) is 0.675. The van der Waals surface area contributed by atoms with Crippen LogP contribution in [0.1, 0.15) is 46.3 Å². The second kappa shape index (κ2) is 5.36. The Bertz CT molecular complexity index is 859. The number of nitrogens with zero attached hydrogens (tertiary/aromatic N) is 2. The van der Waals surface area contributed by atoms with Gasteiger partial charge in [0.2, 0.25) is 0 Å². The van der Waals surface area contributed by atoms with Gasteiger partial charge in [0.1, 0.15) is 5.69 Å². The molecule has 0 saturated heterocycles. The van der Waals surface area contributed by atoms with E-state index in [2.05, 4.69) is 30.1 Å². The van der Waals surface area contributed by atoms with Crippen LogP contribution in [0, 0.1) is 0 Å². The first-order valence-corrected chi connectivity index (χ1v) is 8.70. The summed E-state index contributed by atoms with van der Waals surface area (Å²) in [6.45, 7) is 2.16. The molecule has 1 aliphatic carbocycles. The van der Waals surface area contributed by atoms with Crippen LogP contribution in [0.5, 0.6) is 0 Å². The molecular formula is C18H18N2OS. The lowest BCUT2D eigenvalue weighted by atomic mass is 9.90. The van der Waals surface area contributed by atoms with Crippen molar-refractivity contribution in [2.45, 2.75) is 39.0 Å². The highest BCUT2D eigenvalue weighted by Gasteiger charge is 2.18. The molecule has 2 aromatic heterocycles. The Morgan fingerprint density at radius 2 is 2.09 bits per heavy atom. The summed E-state index contributed by atoms with van der Waals surface area (Å²) in [6.07, 6.45) is 8.46. The average Bonchev–Trinajstić information content (AvgIpc) is 3.12. The Morgan fingerprint density at radius 3 is 2.86 bits per heavy atom. The van der Waals surface area contributed by atoms with Gasteiger partial charge in [0.05, 0.1) is 11.9 Å². The maximum absolute atomic E-state index is 11.3. The first-order chi connectivity index (χ1) is 10.8. The molecule has 0 atom stereocenters. The third kappa shape index (κ3) is 2.02. The van der Waals surface area contributed by atoms with E-state index in [0.29, 0.717) is 5.69 Å². The normalized spacial score (nSPS) is 14.2. The van der Waals surface area contributed by atoms with Crippen LogP contribution in [-0.4, -0.2) is 15.7 Å². The van der Waals surface area contributed by atoms with Crippen LogP contribution in [0.3, 0.4) is 0 Å². The fourth-order valence-electron chi connectivity index (χ4n) is 3.42. The molecule has 0 radical (unpaired) electrons. The number of aldehydes is 1. The average molecular weight is 310 g/mol. The summed E-state index contributed by atoms with van der Waals surface area (Å²) in [5.74, 6) is 0. The number of fused-ring (bicyclic) bond motifs is 2. The highest BCUT2D eigenvalue weighted by atomic mass is 32.1. The molecule has 112 valence electrons. The molecule has 0 spiro atoms. The number of carbonyl (C=O) groups excluding carboxylic acids is 1. The minimum absolute atomic E-state index is 0.638. The molecule has 0 saturated carbocycles. The second-order valence-corrected chi connectivity index (χ2v) is 6.90. The summed E-state index contributed by atoms with van der Waals surface area (Å²) < 4.78 is 2.01. The van der Waals surface area contributed by atoms with E-state index in [9.17, 15) is 4.79 Å². The standard InChI is InChI=1S/C18H18N2OS/c1-2-16-17(20-15(11-21)10-19-18(20)22-16)14-8-7-12-5-3-4-6-13(12)9-14/h7-11H,2-6H2,1H3. The number of imidazole rings is 1. The maximum atomic E-state index is 11.3. The SMILES string of the molecule is CCc1sc2ncc(C=O)n2c1-c1ccc2c(c1)CCCC2. The zero-order valence-corrected chi connectivity index (χ0v) is 13.4. The van der Waals surface area contributed by atoms with Gasteiger partial charge in [-0.3, -0.25) is 9.20 Å². The number of hydrogen-bond donors (Lipinski definition) is 0. The second-order valence-electron chi connectivity index (χ2n) is 5.84. The highest BCUT2D eigenvalue weighted by Crippen LogP contribution is 2.35. The summed E-state index contributed by atoms with van der Waals surface area (Å²) in [7, 11) is 0. The smallest absolute Gasteiger partial charge is 0.194 e. The summed E-state index contributed by atoms with van der Waals surface area (Å²) in [4.78, 5) is 17.9. The number of benzene rings is 1. The minimum Gasteiger partial charge on any atom is -0.296 e. The number of carbonyl (C=O) groups is 1. The molecule has 2 heterocycles. The predicted molar refractivity (Wildman–Crippen MR) is 89.9 cm³/mol. The van der Waals surface area contributed by atoms with E-state index >= 15 is 0 Å². The van der Waals surface area contributed by atoms with Gasteiger partial charge in [-0.05, 0) is 54.9 Å². The van der Waals surface area contributed by atoms with Gasteiger partial charge in [-0.1, -0.05) is 19.1 Å². The van der Waals surface area contributed by atoms with Crippen molar-refractivity contribution in [3.8, 4) is 11.3 Å². The van der Waals surface area contributed by atoms with Crippen molar-refractivity contribution < 1.29 is 4.79 Å². The van der Waals surface area contributed by atoms with Gasteiger partial charge in [0.25, 0.3) is 0 Å². The van der Waals surface area contributed by atoms with Gasteiger partial charge < -0.3 is 0 Å². The fourth-order valence-corrected chi connectivity index (χ4v) is 4.48. The van der Waals surface area contributed by atoms with Crippen LogP contribution >= 0.6 is 11.3 Å². The monoisotopic (exact) mass is 310 g/mol. The highest BCUT2D eigenvalue weighted by molar-refractivity contribution is 7.17. The van der Waals surface area contributed by atoms with Crippen molar-refractivity contribution in [2.24, 2.45) is 0 Å². The topological polar surface area (TPSA) is 34.4 Å². The molecule has 3 nitrogen and oxygen atoms in total. The number of aromatic nitrogens is 2. The molecule has 0 aliphatic heterocycles. The zero-order valence-electron chi connectivity index (χ0n) is 12.6. The van der Waals surface area contributed by atoms with Crippen LogP contribution in [0.4, 0.5) is 0 Å². The van der Waals surface area contributed by atoms with E-state index < -0.39 is 0 Å². The summed E-state index contributed by atoms with van der Waals surface area (Å²) in [5.41, 5.74) is 5.96. The fraction of sp³-hybridized carbons (Fsp3) is 0.333. The van der Waals surface area contributed by atoms with Gasteiger partial charge in [-0.15, -0.1) is 11.3 Å². The summed E-state index contributed by atoms with van der Waals surface area (Å²) >= 11 is 1.69. The van der Waals surface area contributed by atoms with Crippen LogP contribution in [-0.2, 0) is 19.3 Å². The van der Waals surface area contributed by atoms with E-state index in [4.69, 9.17) is 0 Å². The van der Waals surface area contributed by atoms with E-state index in [1.165, 1.54) is 47.3 Å². The summed E-state index contributed by atoms with van der Waals surface area (Å²) in [6, 6.07) is 6.80. The molecule has 4 rings (SSSR count). The van der Waals surface area contributed by atoms with Crippen LogP contribution < -0.4 is 0 Å². The third-order valence-electron chi connectivity index (χ3n) is 4.52. The molecule has 0 N–H and O–H groups in total. The van der Waals surface area contributed by atoms with Crippen molar-refractivity contribution in [1.29, 1.82) is 0 Å². The molecule has 1 aliphatic rings. The van der Waals surface area contributed by atoms with Crippen molar-refractivity contribution >= 4 is 22.6 Å². The van der Waals surface area contributed by atoms with Gasteiger partial charge in [-0.2, -0.15) is 0 Å². The van der Waals surface area contributed by atoms with Gasteiger partial charge in [0.15, 0.2) is 11.2 Å². The lowest BCUT2D eigenvalue weighted by Crippen LogP contribution is -2.03. The number of thiazole rings is 1. The van der Waals surface area contributed by atoms with Crippen LogP contribution in [0.15, 0.2) is 24.4 Å². The lowest BCUT2D eigenvalue weighted by molar-refractivity contribution is 0.111. The first kappa shape index (κ1) is 13.7. The van der Waals surface area contributed by atoms with Crippen LogP contribution in [0.2, 0.25) is 0 Å². The lowest BCUT2D eigenvalue weighted by Gasteiger charge is -2.17. The molecular weight excluding hydrogens is 292 g/mol. The molecule has 0 unspecified atom stereocenters. The van der Waals surface area contributed by atoms with Gasteiger partial charge >= 0.3 is 0 Å². The molecule has 0 fully saturated rings.